The zero-order chi connectivity index (χ0) is 15.4. The quantitative estimate of drug-likeness (QED) is 0.835. The molecule has 0 amide bonds. The standard InChI is InChI=1S/C17H11Cl2NO2/c18-10-7-12(21)15(19)14(17(10)22)13-9-3-1-2-4-11(9)20-16(13)8-5-6-8/h1-4,7-8,20H,5-6H2. The lowest BCUT2D eigenvalue weighted by atomic mass is 9.92. The Morgan fingerprint density at radius 2 is 1.82 bits per heavy atom. The molecular weight excluding hydrogens is 321 g/mol. The third kappa shape index (κ3) is 1.97. The normalized spacial score (nSPS) is 19.1. The van der Waals surface area contributed by atoms with Gasteiger partial charge in [0.15, 0.2) is 5.78 Å². The third-order valence-electron chi connectivity index (χ3n) is 4.11. The average molecular weight is 332 g/mol. The largest absolute Gasteiger partial charge is 0.358 e. The van der Waals surface area contributed by atoms with Crippen molar-refractivity contribution in [3.05, 3.63) is 51.7 Å². The minimum Gasteiger partial charge on any atom is -0.358 e. The molecule has 2 aromatic rings. The number of fused-ring (bicyclic) bond motifs is 1. The third-order valence-corrected chi connectivity index (χ3v) is 4.76. The highest BCUT2D eigenvalue weighted by atomic mass is 35.5. The van der Waals surface area contributed by atoms with E-state index in [1.807, 2.05) is 24.3 Å². The zero-order valence-corrected chi connectivity index (χ0v) is 13.0. The lowest BCUT2D eigenvalue weighted by Crippen LogP contribution is -2.14. The van der Waals surface area contributed by atoms with Crippen molar-refractivity contribution < 1.29 is 9.59 Å². The summed E-state index contributed by atoms with van der Waals surface area (Å²) in [6, 6.07) is 7.70. The fraction of sp³-hybridized carbons (Fsp3) is 0.176. The maximum absolute atomic E-state index is 12.5. The van der Waals surface area contributed by atoms with Crippen molar-refractivity contribution in [1.82, 2.24) is 4.98 Å². The molecular formula is C17H11Cl2NO2. The van der Waals surface area contributed by atoms with E-state index >= 15 is 0 Å². The number of Topliss-reactive ketones (excluding diaryl/α,β-unsaturated/α-hetero) is 1. The number of aromatic amines is 1. The number of halogens is 2. The second-order valence-electron chi connectivity index (χ2n) is 5.61. The van der Waals surface area contributed by atoms with Crippen molar-refractivity contribution in [1.29, 1.82) is 0 Å². The Kier molecular flexibility index (Phi) is 3.03. The Morgan fingerprint density at radius 1 is 1.09 bits per heavy atom. The number of allylic oxidation sites excluding steroid dienone is 4. The number of benzene rings is 1. The van der Waals surface area contributed by atoms with Crippen LogP contribution in [0, 0.1) is 0 Å². The van der Waals surface area contributed by atoms with Crippen LogP contribution in [0.15, 0.2) is 40.4 Å². The van der Waals surface area contributed by atoms with Crippen LogP contribution in [0.4, 0.5) is 0 Å². The summed E-state index contributed by atoms with van der Waals surface area (Å²) in [5, 5.41) is 0.752. The maximum atomic E-state index is 12.5. The van der Waals surface area contributed by atoms with Crippen LogP contribution in [0.5, 0.6) is 0 Å². The number of carbonyl (C=O) groups excluding carboxylic acids is 2. The van der Waals surface area contributed by atoms with E-state index in [4.69, 9.17) is 23.2 Å². The summed E-state index contributed by atoms with van der Waals surface area (Å²) in [7, 11) is 0. The lowest BCUT2D eigenvalue weighted by molar-refractivity contribution is -0.113. The van der Waals surface area contributed by atoms with E-state index in [1.54, 1.807) is 0 Å². The molecule has 5 heteroatoms. The Morgan fingerprint density at radius 3 is 2.55 bits per heavy atom. The van der Waals surface area contributed by atoms with Gasteiger partial charge in [-0.2, -0.15) is 0 Å². The lowest BCUT2D eigenvalue weighted by Gasteiger charge is -2.14. The van der Waals surface area contributed by atoms with E-state index in [0.29, 0.717) is 5.92 Å². The number of ketones is 2. The van der Waals surface area contributed by atoms with E-state index in [-0.39, 0.29) is 15.6 Å². The van der Waals surface area contributed by atoms with Crippen LogP contribution in [0.25, 0.3) is 16.5 Å². The number of rotatable bonds is 2. The fourth-order valence-corrected chi connectivity index (χ4v) is 3.35. The number of hydrogen-bond donors (Lipinski definition) is 1. The van der Waals surface area contributed by atoms with Gasteiger partial charge in [0, 0.05) is 28.2 Å². The van der Waals surface area contributed by atoms with Gasteiger partial charge in [-0.3, -0.25) is 9.59 Å². The first-order valence-corrected chi connectivity index (χ1v) is 7.80. The van der Waals surface area contributed by atoms with Crippen LogP contribution in [0.2, 0.25) is 0 Å². The van der Waals surface area contributed by atoms with Gasteiger partial charge >= 0.3 is 0 Å². The highest BCUT2D eigenvalue weighted by molar-refractivity contribution is 6.62. The van der Waals surface area contributed by atoms with E-state index in [2.05, 4.69) is 4.98 Å². The Bertz CT molecular complexity index is 901. The van der Waals surface area contributed by atoms with Gasteiger partial charge in [0.05, 0.1) is 15.6 Å². The molecule has 0 radical (unpaired) electrons. The number of hydrogen-bond acceptors (Lipinski definition) is 2. The summed E-state index contributed by atoms with van der Waals surface area (Å²) in [6.45, 7) is 0. The van der Waals surface area contributed by atoms with Gasteiger partial charge in [0.1, 0.15) is 0 Å². The molecule has 0 saturated heterocycles. The Balaban J connectivity index is 2.05. The van der Waals surface area contributed by atoms with Gasteiger partial charge in [0.2, 0.25) is 5.78 Å². The number of para-hydroxylation sites is 1. The molecule has 0 spiro atoms. The second-order valence-corrected chi connectivity index (χ2v) is 6.39. The molecule has 1 saturated carbocycles. The summed E-state index contributed by atoms with van der Waals surface area (Å²) in [5.74, 6) is -0.432. The van der Waals surface area contributed by atoms with Gasteiger partial charge in [-0.05, 0) is 24.8 Å². The number of carbonyl (C=O) groups is 2. The predicted molar refractivity (Wildman–Crippen MR) is 87.0 cm³/mol. The fourth-order valence-electron chi connectivity index (χ4n) is 2.92. The smallest absolute Gasteiger partial charge is 0.206 e. The number of nitrogens with one attached hydrogen (secondary N) is 1. The molecule has 1 N–H and O–H groups in total. The van der Waals surface area contributed by atoms with Crippen LogP contribution in [0.3, 0.4) is 0 Å². The minimum absolute atomic E-state index is 0.0546. The molecule has 1 fully saturated rings. The van der Waals surface area contributed by atoms with Crippen molar-refractivity contribution in [2.45, 2.75) is 18.8 Å². The van der Waals surface area contributed by atoms with Crippen LogP contribution in [-0.2, 0) is 9.59 Å². The summed E-state index contributed by atoms with van der Waals surface area (Å²) < 4.78 is 0. The van der Waals surface area contributed by atoms with Crippen molar-refractivity contribution in [3.63, 3.8) is 0 Å². The van der Waals surface area contributed by atoms with Crippen molar-refractivity contribution in [3.8, 4) is 0 Å². The first kappa shape index (κ1) is 13.8. The van der Waals surface area contributed by atoms with Gasteiger partial charge < -0.3 is 4.98 Å². The topological polar surface area (TPSA) is 49.9 Å². The van der Waals surface area contributed by atoms with E-state index in [1.165, 1.54) is 0 Å². The molecule has 1 aromatic carbocycles. The molecule has 0 bridgehead atoms. The molecule has 1 aromatic heterocycles. The van der Waals surface area contributed by atoms with Gasteiger partial charge in [-0.15, -0.1) is 0 Å². The summed E-state index contributed by atoms with van der Waals surface area (Å²) in [5.41, 5.74) is 2.86. The maximum Gasteiger partial charge on any atom is 0.206 e. The van der Waals surface area contributed by atoms with Gasteiger partial charge in [-0.25, -0.2) is 0 Å². The van der Waals surface area contributed by atoms with E-state index < -0.39 is 11.6 Å². The molecule has 110 valence electrons. The predicted octanol–water partition coefficient (Wildman–Crippen LogP) is 4.27. The minimum atomic E-state index is -0.423. The van der Waals surface area contributed by atoms with E-state index in [9.17, 15) is 9.59 Å². The molecule has 0 unspecified atom stereocenters. The molecule has 4 rings (SSSR count). The van der Waals surface area contributed by atoms with Gasteiger partial charge in [-0.1, -0.05) is 41.4 Å². The molecule has 0 atom stereocenters. The SMILES string of the molecule is O=C1C=C(Cl)C(=O)C(c2c(C3CC3)[nH]c3ccccc23)=C1Cl. The molecule has 3 nitrogen and oxygen atoms in total. The van der Waals surface area contributed by atoms with E-state index in [0.717, 1.165) is 41.1 Å². The van der Waals surface area contributed by atoms with Gasteiger partial charge in [0.25, 0.3) is 0 Å². The van der Waals surface area contributed by atoms with Crippen molar-refractivity contribution >= 4 is 51.2 Å². The van der Waals surface area contributed by atoms with Crippen molar-refractivity contribution in [2.24, 2.45) is 0 Å². The van der Waals surface area contributed by atoms with Crippen LogP contribution >= 0.6 is 23.2 Å². The first-order chi connectivity index (χ1) is 10.6. The number of H-pyrrole nitrogens is 1. The average Bonchev–Trinajstić information content (AvgIpc) is 3.28. The highest BCUT2D eigenvalue weighted by Crippen LogP contribution is 2.47. The molecule has 2 aliphatic rings. The Hall–Kier alpha value is -1.84. The summed E-state index contributed by atoms with van der Waals surface area (Å²) in [6.07, 6.45) is 3.22. The number of aromatic nitrogens is 1. The highest BCUT2D eigenvalue weighted by Gasteiger charge is 2.35. The van der Waals surface area contributed by atoms with Crippen LogP contribution in [0.1, 0.15) is 30.0 Å². The summed E-state index contributed by atoms with van der Waals surface area (Å²) >= 11 is 12.1. The Labute approximate surface area is 136 Å². The molecule has 22 heavy (non-hydrogen) atoms. The van der Waals surface area contributed by atoms with Crippen molar-refractivity contribution in [2.75, 3.05) is 0 Å². The second kappa shape index (κ2) is 4.83. The van der Waals surface area contributed by atoms with Crippen LogP contribution < -0.4 is 0 Å². The monoisotopic (exact) mass is 331 g/mol. The first-order valence-electron chi connectivity index (χ1n) is 7.05. The molecule has 0 aliphatic heterocycles. The zero-order valence-electron chi connectivity index (χ0n) is 11.5. The molecule has 1 heterocycles. The molecule has 2 aliphatic carbocycles. The van der Waals surface area contributed by atoms with Crippen LogP contribution in [-0.4, -0.2) is 16.6 Å². The summed E-state index contributed by atoms with van der Waals surface area (Å²) in [4.78, 5) is 27.9.